The Morgan fingerprint density at radius 1 is 1.31 bits per heavy atom. The van der Waals surface area contributed by atoms with Gasteiger partial charge in [-0.1, -0.05) is 30.3 Å². The molecule has 2 N–H and O–H groups in total. The summed E-state index contributed by atoms with van der Waals surface area (Å²) in [5.41, 5.74) is -0.756. The third-order valence-electron chi connectivity index (χ3n) is 2.11. The summed E-state index contributed by atoms with van der Waals surface area (Å²) < 4.78 is 29.8. The molecule has 0 aromatic heterocycles. The van der Waals surface area contributed by atoms with Gasteiger partial charge in [0.2, 0.25) is 0 Å². The van der Waals surface area contributed by atoms with Crippen molar-refractivity contribution in [1.82, 2.24) is 4.90 Å². The summed E-state index contributed by atoms with van der Waals surface area (Å²) in [4.78, 5) is 1.62. The van der Waals surface area contributed by atoms with Crippen LogP contribution in [0.15, 0.2) is 30.3 Å². The smallest absolute Gasteiger partial charge is 0.293 e. The van der Waals surface area contributed by atoms with Crippen LogP contribution in [0.2, 0.25) is 0 Å². The molecule has 6 heteroatoms. The summed E-state index contributed by atoms with van der Waals surface area (Å²) in [5, 5.41) is 9.15. The minimum Gasteiger partial charge on any atom is -0.374 e. The third kappa shape index (κ3) is 4.28. The van der Waals surface area contributed by atoms with E-state index >= 15 is 0 Å². The zero-order chi connectivity index (χ0) is 12.2. The monoisotopic (exact) mass is 245 g/mol. The van der Waals surface area contributed by atoms with Gasteiger partial charge in [0.05, 0.1) is 0 Å². The lowest BCUT2D eigenvalue weighted by atomic mass is 10.2. The van der Waals surface area contributed by atoms with Crippen molar-refractivity contribution >= 4 is 10.1 Å². The van der Waals surface area contributed by atoms with E-state index in [2.05, 4.69) is 0 Å². The summed E-state index contributed by atoms with van der Waals surface area (Å²) in [5.74, 6) is 0. The van der Waals surface area contributed by atoms with E-state index in [1.807, 2.05) is 30.3 Å². The van der Waals surface area contributed by atoms with Crippen LogP contribution < -0.4 is 0 Å². The van der Waals surface area contributed by atoms with Gasteiger partial charge >= 0.3 is 0 Å². The first-order valence-electron chi connectivity index (χ1n) is 4.76. The molecular weight excluding hydrogens is 230 g/mol. The molecule has 0 aliphatic carbocycles. The maximum atomic E-state index is 10.6. The van der Waals surface area contributed by atoms with Crippen molar-refractivity contribution in [2.75, 3.05) is 13.6 Å². The topological polar surface area (TPSA) is 77.8 Å². The van der Waals surface area contributed by atoms with E-state index in [0.717, 1.165) is 5.56 Å². The molecule has 0 fully saturated rings. The van der Waals surface area contributed by atoms with E-state index in [1.165, 1.54) is 0 Å². The van der Waals surface area contributed by atoms with E-state index in [0.29, 0.717) is 6.54 Å². The van der Waals surface area contributed by atoms with Crippen molar-refractivity contribution in [2.24, 2.45) is 0 Å². The van der Waals surface area contributed by atoms with E-state index in [9.17, 15) is 8.42 Å². The molecule has 0 spiro atoms. The molecule has 0 saturated heterocycles. The predicted octanol–water partition coefficient (Wildman–Crippen LogP) is 0.325. The normalized spacial score (nSPS) is 14.0. The van der Waals surface area contributed by atoms with E-state index in [4.69, 9.17) is 9.66 Å². The van der Waals surface area contributed by atoms with Gasteiger partial charge in [0, 0.05) is 13.1 Å². The summed E-state index contributed by atoms with van der Waals surface area (Å²) >= 11 is 0. The standard InChI is InChI=1S/C10H15NO4S/c1-11(8-10(12)16(13,14)15)7-9-5-3-2-4-6-9/h2-6,10,12H,7-8H2,1H3,(H,13,14,15)/t10-/m1/s1. The Hall–Kier alpha value is -0.950. The summed E-state index contributed by atoms with van der Waals surface area (Å²) in [6.45, 7) is 0.376. The van der Waals surface area contributed by atoms with Gasteiger partial charge in [-0.05, 0) is 12.6 Å². The fourth-order valence-electron chi connectivity index (χ4n) is 1.32. The van der Waals surface area contributed by atoms with Gasteiger partial charge in [0.1, 0.15) is 0 Å². The fraction of sp³-hybridized carbons (Fsp3) is 0.400. The molecule has 90 valence electrons. The molecule has 1 aromatic carbocycles. The zero-order valence-electron chi connectivity index (χ0n) is 8.94. The highest BCUT2D eigenvalue weighted by Gasteiger charge is 2.21. The van der Waals surface area contributed by atoms with Crippen LogP contribution >= 0.6 is 0 Å². The van der Waals surface area contributed by atoms with Gasteiger partial charge in [-0.3, -0.25) is 9.45 Å². The van der Waals surface area contributed by atoms with E-state index < -0.39 is 15.6 Å². The number of benzene rings is 1. The van der Waals surface area contributed by atoms with E-state index in [-0.39, 0.29) is 6.54 Å². The molecule has 1 rings (SSSR count). The van der Waals surface area contributed by atoms with Crippen LogP contribution in [0.25, 0.3) is 0 Å². The Labute approximate surface area is 95.1 Å². The Kier molecular flexibility index (Phi) is 4.43. The Balaban J connectivity index is 2.52. The molecule has 0 heterocycles. The summed E-state index contributed by atoms with van der Waals surface area (Å²) in [6, 6.07) is 9.44. The molecule has 5 nitrogen and oxygen atoms in total. The molecule has 0 amide bonds. The Morgan fingerprint density at radius 3 is 2.38 bits per heavy atom. The van der Waals surface area contributed by atoms with Crippen LogP contribution in [0.3, 0.4) is 0 Å². The number of nitrogens with zero attached hydrogens (tertiary/aromatic N) is 1. The number of aliphatic hydroxyl groups excluding tert-OH is 1. The number of hydrogen-bond donors (Lipinski definition) is 2. The van der Waals surface area contributed by atoms with Crippen LogP contribution in [0.1, 0.15) is 5.56 Å². The second kappa shape index (κ2) is 5.40. The first kappa shape index (κ1) is 13.1. The van der Waals surface area contributed by atoms with Crippen LogP contribution in [0.5, 0.6) is 0 Å². The number of aliphatic hydroxyl groups is 1. The third-order valence-corrected chi connectivity index (χ3v) is 2.94. The maximum absolute atomic E-state index is 10.6. The van der Waals surface area contributed by atoms with Gasteiger partial charge < -0.3 is 5.11 Å². The van der Waals surface area contributed by atoms with Gasteiger partial charge in [0.25, 0.3) is 10.1 Å². The highest BCUT2D eigenvalue weighted by atomic mass is 32.2. The van der Waals surface area contributed by atoms with Crippen LogP contribution in [0, 0.1) is 0 Å². The average molecular weight is 245 g/mol. The molecular formula is C10H15NO4S. The average Bonchev–Trinajstić information content (AvgIpc) is 2.17. The van der Waals surface area contributed by atoms with Crippen LogP contribution in [-0.4, -0.2) is 42.0 Å². The van der Waals surface area contributed by atoms with Gasteiger partial charge in [-0.15, -0.1) is 0 Å². The number of hydrogen-bond acceptors (Lipinski definition) is 4. The lowest BCUT2D eigenvalue weighted by Gasteiger charge is -2.18. The van der Waals surface area contributed by atoms with E-state index in [1.54, 1.807) is 11.9 Å². The zero-order valence-corrected chi connectivity index (χ0v) is 9.76. The highest BCUT2D eigenvalue weighted by Crippen LogP contribution is 2.04. The van der Waals surface area contributed by atoms with Crippen molar-refractivity contribution in [2.45, 2.75) is 12.0 Å². The minimum absolute atomic E-state index is 0.131. The highest BCUT2D eigenvalue weighted by molar-refractivity contribution is 7.86. The van der Waals surface area contributed by atoms with Crippen molar-refractivity contribution in [3.8, 4) is 0 Å². The molecule has 1 aromatic rings. The number of likely N-dealkylation sites (N-methyl/N-ethyl adjacent to an activating group) is 1. The SMILES string of the molecule is CN(Cc1ccccc1)C[C@H](O)S(=O)(=O)O. The molecule has 1 atom stereocenters. The lowest BCUT2D eigenvalue weighted by molar-refractivity contribution is 0.172. The van der Waals surface area contributed by atoms with Gasteiger partial charge in [-0.25, -0.2) is 0 Å². The molecule has 0 radical (unpaired) electrons. The first-order valence-corrected chi connectivity index (χ1v) is 6.27. The predicted molar refractivity (Wildman–Crippen MR) is 60.3 cm³/mol. The minimum atomic E-state index is -4.38. The van der Waals surface area contributed by atoms with Crippen molar-refractivity contribution in [1.29, 1.82) is 0 Å². The first-order chi connectivity index (χ1) is 7.39. The summed E-state index contributed by atoms with van der Waals surface area (Å²) in [7, 11) is -2.71. The molecule has 16 heavy (non-hydrogen) atoms. The molecule has 0 unspecified atom stereocenters. The lowest BCUT2D eigenvalue weighted by Crippen LogP contribution is -2.34. The van der Waals surface area contributed by atoms with Gasteiger partial charge in [-0.2, -0.15) is 8.42 Å². The maximum Gasteiger partial charge on any atom is 0.293 e. The largest absolute Gasteiger partial charge is 0.374 e. The van der Waals surface area contributed by atoms with Gasteiger partial charge in [0.15, 0.2) is 5.44 Å². The Bertz CT molecular complexity index is 418. The summed E-state index contributed by atoms with van der Waals surface area (Å²) in [6.07, 6.45) is 0. The van der Waals surface area contributed by atoms with Crippen molar-refractivity contribution in [3.05, 3.63) is 35.9 Å². The quantitative estimate of drug-likeness (QED) is 0.731. The van der Waals surface area contributed by atoms with Crippen LogP contribution in [0.4, 0.5) is 0 Å². The second-order valence-electron chi connectivity index (χ2n) is 3.65. The molecule has 0 saturated carbocycles. The van der Waals surface area contributed by atoms with Crippen LogP contribution in [-0.2, 0) is 16.7 Å². The fourth-order valence-corrected chi connectivity index (χ4v) is 1.76. The second-order valence-corrected chi connectivity index (χ2v) is 5.23. The van der Waals surface area contributed by atoms with Crippen molar-refractivity contribution < 1.29 is 18.1 Å². The number of rotatable bonds is 5. The Morgan fingerprint density at radius 2 is 1.88 bits per heavy atom. The molecule has 0 bridgehead atoms. The molecule has 0 aliphatic heterocycles. The molecule has 0 aliphatic rings. The van der Waals surface area contributed by atoms with Crippen molar-refractivity contribution in [3.63, 3.8) is 0 Å².